The zero-order valence-corrected chi connectivity index (χ0v) is 11.1. The van der Waals surface area contributed by atoms with E-state index in [1.807, 2.05) is 39.8 Å². The normalized spacial score (nSPS) is 16.5. The van der Waals surface area contributed by atoms with Gasteiger partial charge in [0.1, 0.15) is 5.75 Å². The van der Waals surface area contributed by atoms with Crippen molar-refractivity contribution in [3.8, 4) is 5.75 Å². The van der Waals surface area contributed by atoms with Crippen LogP contribution in [0.15, 0.2) is 18.2 Å². The van der Waals surface area contributed by atoms with Crippen molar-refractivity contribution in [1.29, 1.82) is 0 Å². The Morgan fingerprint density at radius 3 is 2.41 bits per heavy atom. The maximum atomic E-state index is 9.88. The van der Waals surface area contributed by atoms with E-state index >= 15 is 0 Å². The zero-order chi connectivity index (χ0) is 13.0. The van der Waals surface area contributed by atoms with Crippen LogP contribution in [0, 0.1) is 12.8 Å². The van der Waals surface area contributed by atoms with Crippen LogP contribution in [0.5, 0.6) is 5.75 Å². The van der Waals surface area contributed by atoms with E-state index in [0.717, 1.165) is 11.1 Å². The number of aliphatic hydroxyl groups excluding tert-OH is 1. The Kier molecular flexibility index (Phi) is 4.97. The van der Waals surface area contributed by atoms with E-state index in [2.05, 4.69) is 5.32 Å². The van der Waals surface area contributed by atoms with Crippen LogP contribution < -0.4 is 5.32 Å². The van der Waals surface area contributed by atoms with Crippen LogP contribution in [0.25, 0.3) is 0 Å². The van der Waals surface area contributed by atoms with Gasteiger partial charge in [-0.1, -0.05) is 19.1 Å². The highest BCUT2D eigenvalue weighted by Crippen LogP contribution is 2.25. The molecule has 0 saturated carbocycles. The van der Waals surface area contributed by atoms with Gasteiger partial charge in [-0.05, 0) is 38.3 Å². The number of benzene rings is 1. The second-order valence-electron chi connectivity index (χ2n) is 4.90. The Morgan fingerprint density at radius 2 is 1.88 bits per heavy atom. The molecule has 0 radical (unpaired) electrons. The number of phenolic OH excluding ortho intramolecular Hbond substituents is 1. The van der Waals surface area contributed by atoms with E-state index in [4.69, 9.17) is 5.11 Å². The summed E-state index contributed by atoms with van der Waals surface area (Å²) in [6.45, 7) is 8.19. The molecule has 0 heterocycles. The fourth-order valence-corrected chi connectivity index (χ4v) is 1.83. The summed E-state index contributed by atoms with van der Waals surface area (Å²) in [5.41, 5.74) is 1.95. The molecule has 0 amide bonds. The largest absolute Gasteiger partial charge is 0.508 e. The third-order valence-corrected chi connectivity index (χ3v) is 3.31. The van der Waals surface area contributed by atoms with E-state index in [9.17, 15) is 5.11 Å². The lowest BCUT2D eigenvalue weighted by atomic mass is 10.0. The Morgan fingerprint density at radius 1 is 1.24 bits per heavy atom. The number of nitrogens with one attached hydrogen (secondary N) is 1. The van der Waals surface area contributed by atoms with Crippen LogP contribution in [0.4, 0.5) is 0 Å². The summed E-state index contributed by atoms with van der Waals surface area (Å²) in [5.74, 6) is 0.527. The molecular formula is C14H23NO2. The third-order valence-electron chi connectivity index (χ3n) is 3.31. The van der Waals surface area contributed by atoms with Gasteiger partial charge in [-0.3, -0.25) is 0 Å². The number of hydrogen-bond acceptors (Lipinski definition) is 3. The summed E-state index contributed by atoms with van der Waals surface area (Å²) in [4.78, 5) is 0. The van der Waals surface area contributed by atoms with Gasteiger partial charge in [0.2, 0.25) is 0 Å². The minimum Gasteiger partial charge on any atom is -0.508 e. The van der Waals surface area contributed by atoms with Crippen molar-refractivity contribution in [1.82, 2.24) is 5.32 Å². The third kappa shape index (κ3) is 3.72. The van der Waals surface area contributed by atoms with Gasteiger partial charge in [-0.2, -0.15) is 0 Å². The molecule has 96 valence electrons. The van der Waals surface area contributed by atoms with Gasteiger partial charge in [0.15, 0.2) is 0 Å². The van der Waals surface area contributed by atoms with Crippen molar-refractivity contribution in [2.75, 3.05) is 6.61 Å². The molecule has 3 heteroatoms. The number of aliphatic hydroxyl groups is 1. The monoisotopic (exact) mass is 237 g/mol. The molecule has 1 rings (SSSR count). The smallest absolute Gasteiger partial charge is 0.120 e. The molecule has 3 N–H and O–H groups in total. The summed E-state index contributed by atoms with van der Waals surface area (Å²) >= 11 is 0. The van der Waals surface area contributed by atoms with E-state index in [-0.39, 0.29) is 24.6 Å². The fourth-order valence-electron chi connectivity index (χ4n) is 1.83. The first-order chi connectivity index (χ1) is 7.95. The number of phenols is 1. The van der Waals surface area contributed by atoms with Crippen LogP contribution in [0.1, 0.15) is 37.9 Å². The minimum absolute atomic E-state index is 0.0691. The number of aryl methyl sites for hydroxylation is 1. The van der Waals surface area contributed by atoms with Crippen LogP contribution >= 0.6 is 0 Å². The summed E-state index contributed by atoms with van der Waals surface area (Å²) in [7, 11) is 0. The SMILES string of the molecule is Cc1ccc(C(C)NC(C)C(C)CO)c(O)c1. The summed E-state index contributed by atoms with van der Waals surface area (Å²) in [6, 6.07) is 5.98. The van der Waals surface area contributed by atoms with E-state index < -0.39 is 0 Å². The molecule has 3 nitrogen and oxygen atoms in total. The minimum atomic E-state index is 0.0691. The van der Waals surface area contributed by atoms with Crippen LogP contribution in [0.2, 0.25) is 0 Å². The van der Waals surface area contributed by atoms with Crippen molar-refractivity contribution in [3.63, 3.8) is 0 Å². The number of hydrogen-bond donors (Lipinski definition) is 3. The lowest BCUT2D eigenvalue weighted by Gasteiger charge is -2.24. The molecule has 0 fully saturated rings. The van der Waals surface area contributed by atoms with Gasteiger partial charge in [0.05, 0.1) is 0 Å². The highest BCUT2D eigenvalue weighted by Gasteiger charge is 2.16. The molecule has 17 heavy (non-hydrogen) atoms. The summed E-state index contributed by atoms with van der Waals surface area (Å²) in [5, 5.41) is 22.4. The van der Waals surface area contributed by atoms with Crippen LogP contribution in [-0.4, -0.2) is 22.9 Å². The molecule has 0 aromatic heterocycles. The second kappa shape index (κ2) is 6.03. The molecule has 1 aromatic carbocycles. The van der Waals surface area contributed by atoms with Gasteiger partial charge in [-0.25, -0.2) is 0 Å². The molecule has 1 aromatic rings. The Hall–Kier alpha value is -1.06. The highest BCUT2D eigenvalue weighted by molar-refractivity contribution is 5.37. The molecule has 0 bridgehead atoms. The second-order valence-corrected chi connectivity index (χ2v) is 4.90. The lowest BCUT2D eigenvalue weighted by Crippen LogP contribution is -2.35. The van der Waals surface area contributed by atoms with Gasteiger partial charge >= 0.3 is 0 Å². The fraction of sp³-hybridized carbons (Fsp3) is 0.571. The molecular weight excluding hydrogens is 214 g/mol. The van der Waals surface area contributed by atoms with Gasteiger partial charge in [0, 0.05) is 24.3 Å². The number of aromatic hydroxyl groups is 1. The van der Waals surface area contributed by atoms with E-state index in [0.29, 0.717) is 5.75 Å². The molecule has 0 aliphatic carbocycles. The maximum absolute atomic E-state index is 9.88. The lowest BCUT2D eigenvalue weighted by molar-refractivity contribution is 0.202. The van der Waals surface area contributed by atoms with Crippen molar-refractivity contribution in [3.05, 3.63) is 29.3 Å². The van der Waals surface area contributed by atoms with Gasteiger partial charge in [-0.15, -0.1) is 0 Å². The van der Waals surface area contributed by atoms with Crippen LogP contribution in [0.3, 0.4) is 0 Å². The van der Waals surface area contributed by atoms with Crippen molar-refractivity contribution in [2.45, 2.75) is 39.8 Å². The molecule has 3 unspecified atom stereocenters. The topological polar surface area (TPSA) is 52.5 Å². The molecule has 3 atom stereocenters. The number of rotatable bonds is 5. The Bertz CT molecular complexity index is 365. The average molecular weight is 237 g/mol. The molecule has 0 aliphatic rings. The van der Waals surface area contributed by atoms with E-state index in [1.54, 1.807) is 6.07 Å². The zero-order valence-electron chi connectivity index (χ0n) is 11.1. The van der Waals surface area contributed by atoms with Crippen molar-refractivity contribution < 1.29 is 10.2 Å². The summed E-state index contributed by atoms with van der Waals surface area (Å²) < 4.78 is 0. The standard InChI is InChI=1S/C14H23NO2/c1-9-5-6-13(14(17)7-9)12(4)15-11(3)10(2)8-16/h5-7,10-12,15-17H,8H2,1-4H3. The summed E-state index contributed by atoms with van der Waals surface area (Å²) in [6.07, 6.45) is 0. The van der Waals surface area contributed by atoms with Crippen LogP contribution in [-0.2, 0) is 0 Å². The first kappa shape index (κ1) is 14.0. The first-order valence-electron chi connectivity index (χ1n) is 6.12. The van der Waals surface area contributed by atoms with Crippen molar-refractivity contribution in [2.24, 2.45) is 5.92 Å². The predicted molar refractivity (Wildman–Crippen MR) is 70.1 cm³/mol. The van der Waals surface area contributed by atoms with E-state index in [1.165, 1.54) is 0 Å². The Balaban J connectivity index is 2.72. The highest BCUT2D eigenvalue weighted by atomic mass is 16.3. The molecule has 0 saturated heterocycles. The molecule has 0 aliphatic heterocycles. The quantitative estimate of drug-likeness (QED) is 0.737. The van der Waals surface area contributed by atoms with Gasteiger partial charge < -0.3 is 15.5 Å². The maximum Gasteiger partial charge on any atom is 0.120 e. The first-order valence-corrected chi connectivity index (χ1v) is 6.12. The average Bonchev–Trinajstić information content (AvgIpc) is 2.27. The molecule has 0 spiro atoms. The Labute approximate surface area is 103 Å². The van der Waals surface area contributed by atoms with Gasteiger partial charge in [0.25, 0.3) is 0 Å². The van der Waals surface area contributed by atoms with Crippen molar-refractivity contribution >= 4 is 0 Å². The predicted octanol–water partition coefficient (Wildman–Crippen LogP) is 2.37.